The molecule has 2 aromatic heterocycles. The zero-order chi connectivity index (χ0) is 26.3. The second-order valence-electron chi connectivity index (χ2n) is 9.88. The Labute approximate surface area is 222 Å². The van der Waals surface area contributed by atoms with Gasteiger partial charge in [0.15, 0.2) is 0 Å². The fourth-order valence-electron chi connectivity index (χ4n) is 4.53. The Bertz CT molecular complexity index is 1150. The number of nitrogens with two attached hydrogens (primary N) is 1. The normalized spacial score (nSPS) is 21.4. The van der Waals surface area contributed by atoms with Gasteiger partial charge in [-0.05, 0) is 59.7 Å². The van der Waals surface area contributed by atoms with Gasteiger partial charge in [-0.25, -0.2) is 9.25 Å². The number of aromatic nitrogens is 3. The summed E-state index contributed by atoms with van der Waals surface area (Å²) in [5.41, 5.74) is 5.32. The number of nitrogens with zero attached hydrogens (tertiary/aromatic N) is 4. The smallest absolute Gasteiger partial charge is 0.384 e. The van der Waals surface area contributed by atoms with E-state index >= 15 is 0 Å². The van der Waals surface area contributed by atoms with Crippen molar-refractivity contribution in [1.29, 1.82) is 5.41 Å². The van der Waals surface area contributed by atoms with Crippen LogP contribution in [-0.2, 0) is 0 Å². The number of anilines is 2. The fraction of sp³-hybridized carbons (Fsp3) is 0.545. The van der Waals surface area contributed by atoms with Crippen molar-refractivity contribution < 1.29 is 18.0 Å². The summed E-state index contributed by atoms with van der Waals surface area (Å²) in [6.07, 6.45) is 0.580. The third-order valence-electron chi connectivity index (χ3n) is 6.71. The molecule has 2 unspecified atom stereocenters. The van der Waals surface area contributed by atoms with Crippen LogP contribution >= 0.6 is 28.4 Å². The lowest BCUT2D eigenvalue weighted by Crippen LogP contribution is -2.64. The molecule has 1 aliphatic heterocycles. The molecule has 2 amide bonds. The van der Waals surface area contributed by atoms with Crippen LogP contribution < -0.4 is 16.4 Å². The molecule has 0 bridgehead atoms. The molecule has 36 heavy (non-hydrogen) atoms. The Balaban J connectivity index is 1.59. The zero-order valence-electron chi connectivity index (χ0n) is 19.9. The number of carbonyl (C=O) groups excluding carboxylic acids is 1. The first kappa shape index (κ1) is 27.1. The lowest BCUT2D eigenvalue weighted by Gasteiger charge is -2.46. The van der Waals surface area contributed by atoms with Gasteiger partial charge in [0.25, 0.3) is 0 Å². The second-order valence-corrected chi connectivity index (χ2v) is 12.0. The molecule has 196 valence electrons. The molecule has 1 saturated heterocycles. The summed E-state index contributed by atoms with van der Waals surface area (Å²) < 4.78 is 42.4. The molecule has 5 N–H and O–H groups in total. The number of hydrogen-bond acceptors (Lipinski definition) is 6. The quantitative estimate of drug-likeness (QED) is 0.189. The topological polar surface area (TPSA) is 125 Å². The van der Waals surface area contributed by atoms with E-state index in [2.05, 4.69) is 56.6 Å². The average Bonchev–Trinajstić information content (AvgIpc) is 3.44. The van der Waals surface area contributed by atoms with Gasteiger partial charge in [0.1, 0.15) is 11.2 Å². The molecule has 2 aromatic rings. The highest BCUT2D eigenvalue weighted by molar-refractivity contribution is 14.2. The molecule has 0 aromatic carbocycles. The number of hydrogen-bond donors (Lipinski definition) is 4. The summed E-state index contributed by atoms with van der Waals surface area (Å²) in [6, 6.07) is 1.32. The number of likely N-dealkylation sites (tertiary alicyclic amines) is 1. The van der Waals surface area contributed by atoms with E-state index in [4.69, 9.17) is 11.1 Å². The van der Waals surface area contributed by atoms with Gasteiger partial charge >= 0.3 is 12.2 Å². The first-order chi connectivity index (χ1) is 16.9. The summed E-state index contributed by atoms with van der Waals surface area (Å²) in [5.74, 6) is 0.387. The molecule has 1 saturated carbocycles. The molecule has 4 rings (SSSR count). The molecule has 1 aliphatic carbocycles. The van der Waals surface area contributed by atoms with Crippen molar-refractivity contribution in [2.45, 2.75) is 56.8 Å². The third kappa shape index (κ3) is 5.33. The predicted molar refractivity (Wildman–Crippen MR) is 144 cm³/mol. The molecule has 2 fully saturated rings. The number of nitrogens with one attached hydrogen (secondary N) is 3. The van der Waals surface area contributed by atoms with Crippen molar-refractivity contribution in [2.24, 2.45) is 11.7 Å². The minimum absolute atomic E-state index is 0.0745. The highest BCUT2D eigenvalue weighted by Crippen LogP contribution is 2.54. The maximum atomic E-state index is 13.6. The Hall–Kier alpha value is -1.99. The van der Waals surface area contributed by atoms with Gasteiger partial charge in [0, 0.05) is 42.3 Å². The van der Waals surface area contributed by atoms with Crippen LogP contribution in [0.15, 0.2) is 18.5 Å². The molecule has 2 aliphatic rings. The lowest BCUT2D eigenvalue weighted by atomic mass is 9.82. The monoisotopic (exact) mass is 636 g/mol. The summed E-state index contributed by atoms with van der Waals surface area (Å²) in [5, 5.41) is 18.4. The molecule has 2 atom stereocenters. The number of piperidine rings is 1. The van der Waals surface area contributed by atoms with Crippen molar-refractivity contribution >= 4 is 52.0 Å². The number of amides is 2. The van der Waals surface area contributed by atoms with E-state index in [-0.39, 0.29) is 25.8 Å². The van der Waals surface area contributed by atoms with Crippen molar-refractivity contribution in [2.75, 3.05) is 23.7 Å². The second kappa shape index (κ2) is 10.1. The largest absolute Gasteiger partial charge is 0.406 e. The zero-order valence-corrected chi connectivity index (χ0v) is 23.1. The van der Waals surface area contributed by atoms with Crippen LogP contribution in [-0.4, -0.2) is 62.0 Å². The van der Waals surface area contributed by atoms with Crippen LogP contribution in [0.4, 0.5) is 29.3 Å². The van der Waals surface area contributed by atoms with Crippen LogP contribution in [0.2, 0.25) is 0 Å². The number of pyridine rings is 1. The molecule has 3 heterocycles. The molecule has 0 radical (unpaired) electrons. The van der Waals surface area contributed by atoms with Gasteiger partial charge in [-0.2, -0.15) is 18.3 Å². The number of carbonyl (C=O) groups is 1. The van der Waals surface area contributed by atoms with Crippen LogP contribution in [0.5, 0.6) is 0 Å². The van der Waals surface area contributed by atoms with Crippen LogP contribution in [0.3, 0.4) is 0 Å². The van der Waals surface area contributed by atoms with Crippen LogP contribution in [0.1, 0.15) is 45.1 Å². The Morgan fingerprint density at radius 1 is 1.36 bits per heavy atom. The van der Waals surface area contributed by atoms with Gasteiger partial charge in [0.2, 0.25) is 0 Å². The van der Waals surface area contributed by atoms with Crippen molar-refractivity contribution in [1.82, 2.24) is 19.4 Å². The SMILES string of the molecule is CC(C)CNc1cc(-c2nn(PI)cc2NC(=O)N2CCC(N)(C(F)(F)F)CC23CC3)ncc1C=N. The number of rotatable bonds is 7. The number of halogens is 4. The minimum atomic E-state index is -4.52. The van der Waals surface area contributed by atoms with E-state index in [1.807, 2.05) is 0 Å². The van der Waals surface area contributed by atoms with Crippen LogP contribution in [0, 0.1) is 11.3 Å². The summed E-state index contributed by atoms with van der Waals surface area (Å²) in [7, 11) is 0. The first-order valence-corrected chi connectivity index (χ1v) is 15.6. The van der Waals surface area contributed by atoms with Gasteiger partial charge < -0.3 is 26.7 Å². The van der Waals surface area contributed by atoms with E-state index < -0.39 is 23.3 Å². The summed E-state index contributed by atoms with van der Waals surface area (Å²) in [4.78, 5) is 19.3. The molecule has 9 nitrogen and oxygen atoms in total. The Morgan fingerprint density at radius 2 is 2.08 bits per heavy atom. The predicted octanol–water partition coefficient (Wildman–Crippen LogP) is 5.22. The van der Waals surface area contributed by atoms with Gasteiger partial charge in [0.05, 0.1) is 24.0 Å². The van der Waals surface area contributed by atoms with Gasteiger partial charge in [-0.3, -0.25) is 4.98 Å². The first-order valence-electron chi connectivity index (χ1n) is 11.6. The van der Waals surface area contributed by atoms with Crippen molar-refractivity contribution in [3.05, 3.63) is 24.0 Å². The van der Waals surface area contributed by atoms with Gasteiger partial charge in [-0.15, -0.1) is 0 Å². The molecule has 1 spiro atoms. The van der Waals surface area contributed by atoms with E-state index in [1.165, 1.54) is 11.1 Å². The maximum absolute atomic E-state index is 13.6. The molecular formula is C22H29F3IN8OP. The van der Waals surface area contributed by atoms with E-state index in [0.717, 1.165) is 5.69 Å². The third-order valence-corrected chi connectivity index (χ3v) is 8.60. The summed E-state index contributed by atoms with van der Waals surface area (Å²) in [6.45, 7) is 4.78. The number of urea groups is 1. The highest BCUT2D eigenvalue weighted by Gasteiger charge is 2.64. The van der Waals surface area contributed by atoms with Gasteiger partial charge in [-0.1, -0.05) is 13.8 Å². The molecular weight excluding hydrogens is 607 g/mol. The minimum Gasteiger partial charge on any atom is -0.384 e. The standard InChI is InChI=1S/C22H29F3IN8OP/c1-13(2)9-29-15-7-16(30-10-14(15)8-27)18-17(11-34(32-18)36-26)31-19(35)33-6-5-21(28,22(23,24)25)12-20(33)3-4-20/h7-8,10-11,13,27,36H,3-6,9,12,28H2,1-2H3,(H,29,30)(H,31,35). The van der Waals surface area contributed by atoms with E-state index in [0.29, 0.717) is 47.9 Å². The van der Waals surface area contributed by atoms with Crippen LogP contribution in [0.25, 0.3) is 11.4 Å². The fourth-order valence-corrected chi connectivity index (χ4v) is 5.58. The Kier molecular flexibility index (Phi) is 7.55. The Morgan fingerprint density at radius 3 is 2.67 bits per heavy atom. The lowest BCUT2D eigenvalue weighted by molar-refractivity contribution is -0.201. The highest BCUT2D eigenvalue weighted by atomic mass is 127. The van der Waals surface area contributed by atoms with Crippen molar-refractivity contribution in [3.8, 4) is 11.4 Å². The number of alkyl halides is 3. The van der Waals surface area contributed by atoms with E-state index in [1.54, 1.807) is 22.9 Å². The maximum Gasteiger partial charge on any atom is 0.406 e. The van der Waals surface area contributed by atoms with E-state index in [9.17, 15) is 18.0 Å². The molecule has 14 heteroatoms. The summed E-state index contributed by atoms with van der Waals surface area (Å²) >= 11 is 2.17. The average molecular weight is 636 g/mol. The van der Waals surface area contributed by atoms with Crippen molar-refractivity contribution in [3.63, 3.8) is 0 Å².